The SMILES string of the molecule is COCc1cc(CC2(NCc3cccc(OC)c3)COC2)no1. The van der Waals surface area contributed by atoms with E-state index in [9.17, 15) is 0 Å². The Morgan fingerprint density at radius 1 is 1.26 bits per heavy atom. The van der Waals surface area contributed by atoms with Crippen molar-refractivity contribution in [3.8, 4) is 5.75 Å². The van der Waals surface area contributed by atoms with Crippen LogP contribution < -0.4 is 10.1 Å². The normalized spacial score (nSPS) is 16.1. The highest BCUT2D eigenvalue weighted by atomic mass is 16.5. The Bertz CT molecular complexity index is 637. The van der Waals surface area contributed by atoms with Gasteiger partial charge in [0.2, 0.25) is 0 Å². The van der Waals surface area contributed by atoms with E-state index >= 15 is 0 Å². The summed E-state index contributed by atoms with van der Waals surface area (Å²) in [4.78, 5) is 0. The molecule has 1 aliphatic rings. The fourth-order valence-corrected chi connectivity index (χ4v) is 2.68. The van der Waals surface area contributed by atoms with E-state index in [-0.39, 0.29) is 5.54 Å². The Labute approximate surface area is 135 Å². The van der Waals surface area contributed by atoms with Gasteiger partial charge in [0.25, 0.3) is 0 Å². The molecule has 6 heteroatoms. The van der Waals surface area contributed by atoms with Crippen LogP contribution in [0.15, 0.2) is 34.9 Å². The molecule has 0 radical (unpaired) electrons. The number of aromatic nitrogens is 1. The number of methoxy groups -OCH3 is 2. The topological polar surface area (TPSA) is 65.8 Å². The summed E-state index contributed by atoms with van der Waals surface area (Å²) in [6.07, 6.45) is 0.768. The first kappa shape index (κ1) is 16.0. The van der Waals surface area contributed by atoms with Crippen molar-refractivity contribution in [2.75, 3.05) is 27.4 Å². The molecule has 0 spiro atoms. The van der Waals surface area contributed by atoms with Crippen LogP contribution in [0.1, 0.15) is 17.0 Å². The van der Waals surface area contributed by atoms with Crippen LogP contribution in [0.25, 0.3) is 0 Å². The number of ether oxygens (including phenoxy) is 3. The van der Waals surface area contributed by atoms with Gasteiger partial charge >= 0.3 is 0 Å². The molecule has 6 nitrogen and oxygen atoms in total. The maximum absolute atomic E-state index is 5.43. The lowest BCUT2D eigenvalue weighted by Gasteiger charge is -2.42. The Morgan fingerprint density at radius 2 is 2.13 bits per heavy atom. The molecule has 0 saturated carbocycles. The predicted molar refractivity (Wildman–Crippen MR) is 84.3 cm³/mol. The van der Waals surface area contributed by atoms with Crippen molar-refractivity contribution in [2.45, 2.75) is 25.1 Å². The lowest BCUT2D eigenvalue weighted by Crippen LogP contribution is -2.61. The van der Waals surface area contributed by atoms with E-state index < -0.39 is 0 Å². The van der Waals surface area contributed by atoms with E-state index in [1.165, 1.54) is 5.56 Å². The molecule has 1 aromatic heterocycles. The molecular weight excluding hydrogens is 296 g/mol. The summed E-state index contributed by atoms with van der Waals surface area (Å²) in [5.74, 6) is 1.61. The van der Waals surface area contributed by atoms with E-state index in [0.29, 0.717) is 19.8 Å². The number of benzene rings is 1. The predicted octanol–water partition coefficient (Wildman–Crippen LogP) is 1.93. The molecule has 2 heterocycles. The summed E-state index contributed by atoms with van der Waals surface area (Å²) in [5.41, 5.74) is 2.00. The molecule has 0 bridgehead atoms. The van der Waals surface area contributed by atoms with Gasteiger partial charge in [-0.25, -0.2) is 0 Å². The Balaban J connectivity index is 1.61. The lowest BCUT2D eigenvalue weighted by atomic mass is 9.91. The van der Waals surface area contributed by atoms with Crippen LogP contribution in [0.5, 0.6) is 5.75 Å². The van der Waals surface area contributed by atoms with Crippen molar-refractivity contribution >= 4 is 0 Å². The largest absolute Gasteiger partial charge is 0.497 e. The molecule has 0 amide bonds. The minimum absolute atomic E-state index is 0.0930. The smallest absolute Gasteiger partial charge is 0.162 e. The molecule has 0 atom stereocenters. The van der Waals surface area contributed by atoms with Crippen molar-refractivity contribution in [3.63, 3.8) is 0 Å². The van der Waals surface area contributed by atoms with Gasteiger partial charge in [-0.2, -0.15) is 0 Å². The van der Waals surface area contributed by atoms with Crippen LogP contribution in [0.4, 0.5) is 0 Å². The number of nitrogens with zero attached hydrogens (tertiary/aromatic N) is 1. The summed E-state index contributed by atoms with van der Waals surface area (Å²) in [6, 6.07) is 9.99. The highest BCUT2D eigenvalue weighted by Gasteiger charge is 2.39. The van der Waals surface area contributed by atoms with Crippen LogP contribution >= 0.6 is 0 Å². The van der Waals surface area contributed by atoms with Crippen LogP contribution in [0, 0.1) is 0 Å². The van der Waals surface area contributed by atoms with Gasteiger partial charge in [0.05, 0.1) is 31.6 Å². The molecule has 1 saturated heterocycles. The first-order chi connectivity index (χ1) is 11.2. The van der Waals surface area contributed by atoms with Gasteiger partial charge < -0.3 is 24.1 Å². The monoisotopic (exact) mass is 318 g/mol. The van der Waals surface area contributed by atoms with Crippen molar-refractivity contribution in [1.29, 1.82) is 0 Å². The fraction of sp³-hybridized carbons (Fsp3) is 0.471. The first-order valence-corrected chi connectivity index (χ1v) is 7.62. The molecule has 1 aliphatic heterocycles. The number of hydrogen-bond acceptors (Lipinski definition) is 6. The highest BCUT2D eigenvalue weighted by Crippen LogP contribution is 2.24. The van der Waals surface area contributed by atoms with Gasteiger partial charge in [0, 0.05) is 26.1 Å². The zero-order chi connectivity index (χ0) is 16.1. The van der Waals surface area contributed by atoms with Gasteiger partial charge in [0.1, 0.15) is 12.4 Å². The number of hydrogen-bond donors (Lipinski definition) is 1. The van der Waals surface area contributed by atoms with Gasteiger partial charge in [-0.3, -0.25) is 0 Å². The summed E-state index contributed by atoms with van der Waals surface area (Å²) >= 11 is 0. The maximum Gasteiger partial charge on any atom is 0.162 e. The Kier molecular flexibility index (Phi) is 4.95. The summed E-state index contributed by atoms with van der Waals surface area (Å²) in [6.45, 7) is 2.53. The molecule has 0 unspecified atom stereocenters. The summed E-state index contributed by atoms with van der Waals surface area (Å²) < 4.78 is 21.0. The second-order valence-corrected chi connectivity index (χ2v) is 5.87. The van der Waals surface area contributed by atoms with Gasteiger partial charge in [-0.1, -0.05) is 17.3 Å². The van der Waals surface area contributed by atoms with Crippen LogP contribution in [-0.2, 0) is 29.0 Å². The molecule has 0 aliphatic carbocycles. The number of rotatable bonds is 8. The van der Waals surface area contributed by atoms with Crippen molar-refractivity contribution in [1.82, 2.24) is 10.5 Å². The third kappa shape index (κ3) is 3.90. The Morgan fingerprint density at radius 3 is 2.83 bits per heavy atom. The fourth-order valence-electron chi connectivity index (χ4n) is 2.68. The molecule has 23 heavy (non-hydrogen) atoms. The summed E-state index contributed by atoms with van der Waals surface area (Å²) in [7, 11) is 3.31. The quantitative estimate of drug-likeness (QED) is 0.802. The average molecular weight is 318 g/mol. The zero-order valence-electron chi connectivity index (χ0n) is 13.5. The third-order valence-corrected chi connectivity index (χ3v) is 3.97. The maximum atomic E-state index is 5.43. The molecule has 1 aromatic carbocycles. The zero-order valence-corrected chi connectivity index (χ0v) is 13.5. The molecule has 2 aromatic rings. The van der Waals surface area contributed by atoms with Crippen LogP contribution in [-0.4, -0.2) is 38.1 Å². The van der Waals surface area contributed by atoms with Gasteiger partial charge in [-0.05, 0) is 17.7 Å². The molecule has 3 rings (SSSR count). The van der Waals surface area contributed by atoms with E-state index in [2.05, 4.69) is 16.5 Å². The molecule has 124 valence electrons. The summed E-state index contributed by atoms with van der Waals surface area (Å²) in [5, 5.41) is 7.71. The van der Waals surface area contributed by atoms with Gasteiger partial charge in [-0.15, -0.1) is 0 Å². The van der Waals surface area contributed by atoms with E-state index in [1.54, 1.807) is 14.2 Å². The molecule has 1 fully saturated rings. The number of nitrogens with one attached hydrogen (secondary N) is 1. The highest BCUT2D eigenvalue weighted by molar-refractivity contribution is 5.28. The minimum Gasteiger partial charge on any atom is -0.497 e. The van der Waals surface area contributed by atoms with Gasteiger partial charge in [0.15, 0.2) is 5.76 Å². The second kappa shape index (κ2) is 7.12. The molecular formula is C17H22N2O4. The Hall–Kier alpha value is -1.89. The van der Waals surface area contributed by atoms with E-state index in [1.807, 2.05) is 24.3 Å². The minimum atomic E-state index is -0.0930. The third-order valence-electron chi connectivity index (χ3n) is 3.97. The van der Waals surface area contributed by atoms with E-state index in [0.717, 1.165) is 30.2 Å². The van der Waals surface area contributed by atoms with Crippen LogP contribution in [0.2, 0.25) is 0 Å². The van der Waals surface area contributed by atoms with Crippen LogP contribution in [0.3, 0.4) is 0 Å². The van der Waals surface area contributed by atoms with Crippen molar-refractivity contribution in [3.05, 3.63) is 47.3 Å². The lowest BCUT2D eigenvalue weighted by molar-refractivity contribution is -0.0755. The second-order valence-electron chi connectivity index (χ2n) is 5.87. The average Bonchev–Trinajstić information content (AvgIpc) is 2.97. The van der Waals surface area contributed by atoms with Crippen molar-refractivity contribution < 1.29 is 18.7 Å². The first-order valence-electron chi connectivity index (χ1n) is 7.62. The van der Waals surface area contributed by atoms with E-state index in [4.69, 9.17) is 18.7 Å². The standard InChI is InChI=1S/C17H22N2O4/c1-20-10-16-7-14(19-23-16)8-17(11-22-12-17)18-9-13-4-3-5-15(6-13)21-2/h3-7,18H,8-12H2,1-2H3. The van der Waals surface area contributed by atoms with Crippen molar-refractivity contribution in [2.24, 2.45) is 0 Å². The molecule has 1 N–H and O–H groups in total.